The molecule has 2 aliphatic rings. The highest BCUT2D eigenvalue weighted by molar-refractivity contribution is 5.95. The van der Waals surface area contributed by atoms with Gasteiger partial charge in [-0.3, -0.25) is 14.8 Å². The van der Waals surface area contributed by atoms with Crippen molar-refractivity contribution in [3.05, 3.63) is 101 Å². The van der Waals surface area contributed by atoms with Gasteiger partial charge in [-0.05, 0) is 54.7 Å². The molecule has 1 fully saturated rings. The second-order valence-corrected chi connectivity index (χ2v) is 10.6. The maximum Gasteiger partial charge on any atom is 0.416 e. The average molecular weight is 586 g/mol. The molecule has 218 valence electrons. The van der Waals surface area contributed by atoms with Crippen molar-refractivity contribution in [3.8, 4) is 0 Å². The second kappa shape index (κ2) is 10.5. The highest BCUT2D eigenvalue weighted by Crippen LogP contribution is 2.38. The summed E-state index contributed by atoms with van der Waals surface area (Å²) in [6.45, 7) is 0.485. The van der Waals surface area contributed by atoms with E-state index in [4.69, 9.17) is 0 Å². The van der Waals surface area contributed by atoms with Crippen LogP contribution in [-0.4, -0.2) is 55.8 Å². The molecule has 42 heavy (non-hydrogen) atoms. The number of piperazine rings is 1. The van der Waals surface area contributed by atoms with Crippen LogP contribution in [0.3, 0.4) is 0 Å². The first-order valence-corrected chi connectivity index (χ1v) is 13.4. The predicted molar refractivity (Wildman–Crippen MR) is 143 cm³/mol. The normalized spacial score (nSPS) is 19.5. The van der Waals surface area contributed by atoms with E-state index >= 15 is 0 Å². The minimum Gasteiger partial charge on any atom is -0.370 e. The third-order valence-corrected chi connectivity index (χ3v) is 7.93. The number of alkyl halides is 6. The number of nitrogens with one attached hydrogen (secondary N) is 1. The molecule has 2 aliphatic heterocycles. The Bertz CT molecular complexity index is 1610. The number of rotatable bonds is 4. The van der Waals surface area contributed by atoms with E-state index in [0.29, 0.717) is 37.9 Å². The van der Waals surface area contributed by atoms with Crippen molar-refractivity contribution in [1.82, 2.24) is 24.8 Å². The van der Waals surface area contributed by atoms with Crippen LogP contribution in [0.5, 0.6) is 0 Å². The van der Waals surface area contributed by atoms with Crippen molar-refractivity contribution in [2.75, 3.05) is 13.1 Å². The third-order valence-electron chi connectivity index (χ3n) is 7.93. The number of benzene rings is 2. The Labute approximate surface area is 236 Å². The van der Waals surface area contributed by atoms with Crippen LogP contribution in [0.25, 0.3) is 16.5 Å². The SMILES string of the molecule is O=C(c1cc(C(F)(F)F)cc(C(F)(F)F)c1)N1C[C@H]2CCC(c3cnccn3)=CN2C[C@H]1Cc1c[nH]c2ccccc12. The quantitative estimate of drug-likeness (QED) is 0.275. The van der Waals surface area contributed by atoms with Gasteiger partial charge in [0.2, 0.25) is 0 Å². The molecule has 1 amide bonds. The molecule has 12 heteroatoms. The molecule has 1 N–H and O–H groups in total. The van der Waals surface area contributed by atoms with Crippen molar-refractivity contribution in [2.24, 2.45) is 0 Å². The average Bonchev–Trinajstić information content (AvgIpc) is 3.38. The number of fused-ring (bicyclic) bond motifs is 2. The number of H-pyrrole nitrogens is 1. The predicted octanol–water partition coefficient (Wildman–Crippen LogP) is 6.57. The van der Waals surface area contributed by atoms with Crippen LogP contribution in [0.1, 0.15) is 45.6 Å². The van der Waals surface area contributed by atoms with Crippen LogP contribution in [0.2, 0.25) is 0 Å². The summed E-state index contributed by atoms with van der Waals surface area (Å²) in [7, 11) is 0. The van der Waals surface area contributed by atoms with Crippen LogP contribution >= 0.6 is 0 Å². The lowest BCUT2D eigenvalue weighted by Gasteiger charge is -2.48. The number of carbonyl (C=O) groups is 1. The summed E-state index contributed by atoms with van der Waals surface area (Å²) in [6, 6.07) is 7.95. The van der Waals surface area contributed by atoms with Gasteiger partial charge < -0.3 is 14.8 Å². The summed E-state index contributed by atoms with van der Waals surface area (Å²) in [5, 5.41) is 0.930. The van der Waals surface area contributed by atoms with Crippen LogP contribution in [-0.2, 0) is 18.8 Å². The molecule has 4 heterocycles. The zero-order valence-electron chi connectivity index (χ0n) is 22.1. The summed E-state index contributed by atoms with van der Waals surface area (Å²) in [6.07, 6.45) is 0.153. The number of aromatic amines is 1. The van der Waals surface area contributed by atoms with Gasteiger partial charge in [0.1, 0.15) is 0 Å². The molecule has 0 saturated carbocycles. The number of nitrogens with zero attached hydrogens (tertiary/aromatic N) is 4. The van der Waals surface area contributed by atoms with E-state index in [0.717, 1.165) is 27.7 Å². The minimum absolute atomic E-state index is 0.0398. The van der Waals surface area contributed by atoms with E-state index < -0.39 is 41.0 Å². The summed E-state index contributed by atoms with van der Waals surface area (Å²) in [4.78, 5) is 29.1. The topological polar surface area (TPSA) is 65.1 Å². The van der Waals surface area contributed by atoms with Crippen molar-refractivity contribution in [1.29, 1.82) is 0 Å². The standard InChI is InChI=1S/C30H25F6N5O/c31-29(32,33)21-9-19(10-22(12-21)30(34,35)36)28(42)41-17-23-6-5-18(27-14-37-7-8-38-27)15-40(23)16-24(41)11-20-13-39-26-4-2-1-3-25(20)26/h1-4,7-10,12-15,23-24,39H,5-6,11,16-17H2/t23-,24-/m1/s1. The molecule has 6 rings (SSSR count). The van der Waals surface area contributed by atoms with Crippen molar-refractivity contribution in [2.45, 2.75) is 43.7 Å². The lowest BCUT2D eigenvalue weighted by atomic mass is 9.91. The molecular weight excluding hydrogens is 560 g/mol. The molecule has 2 aromatic carbocycles. The maximum absolute atomic E-state index is 13.9. The van der Waals surface area contributed by atoms with Gasteiger partial charge in [0.25, 0.3) is 5.91 Å². The van der Waals surface area contributed by atoms with Crippen molar-refractivity contribution < 1.29 is 31.1 Å². The summed E-state index contributed by atoms with van der Waals surface area (Å²) < 4.78 is 81.6. The number of hydrogen-bond donors (Lipinski definition) is 1. The zero-order chi connectivity index (χ0) is 29.6. The molecule has 2 atom stereocenters. The van der Waals surface area contributed by atoms with Gasteiger partial charge in [-0.2, -0.15) is 26.3 Å². The van der Waals surface area contributed by atoms with Crippen LogP contribution < -0.4 is 0 Å². The summed E-state index contributed by atoms with van der Waals surface area (Å²) >= 11 is 0. The number of allylic oxidation sites excluding steroid dienone is 1. The number of halogens is 6. The van der Waals surface area contributed by atoms with Gasteiger partial charge in [0.05, 0.1) is 29.1 Å². The molecule has 0 aliphatic carbocycles. The van der Waals surface area contributed by atoms with Gasteiger partial charge in [0, 0.05) is 60.4 Å². The molecule has 6 nitrogen and oxygen atoms in total. The summed E-state index contributed by atoms with van der Waals surface area (Å²) in [5.41, 5.74) is -0.190. The Morgan fingerprint density at radius 1 is 0.976 bits per heavy atom. The smallest absolute Gasteiger partial charge is 0.370 e. The first kappa shape index (κ1) is 27.8. The fraction of sp³-hybridized carbons (Fsp3) is 0.300. The molecule has 0 bridgehead atoms. The van der Waals surface area contributed by atoms with Crippen LogP contribution in [0.15, 0.2) is 73.5 Å². The van der Waals surface area contributed by atoms with E-state index in [1.165, 1.54) is 4.90 Å². The molecule has 4 aromatic rings. The van der Waals surface area contributed by atoms with E-state index in [-0.39, 0.29) is 18.7 Å². The number of para-hydroxylation sites is 1. The number of hydrogen-bond acceptors (Lipinski definition) is 4. The van der Waals surface area contributed by atoms with Gasteiger partial charge >= 0.3 is 12.4 Å². The second-order valence-electron chi connectivity index (χ2n) is 10.6. The van der Waals surface area contributed by atoms with Crippen LogP contribution in [0.4, 0.5) is 26.3 Å². The van der Waals surface area contributed by atoms with Crippen molar-refractivity contribution >= 4 is 22.4 Å². The fourth-order valence-corrected chi connectivity index (χ4v) is 5.86. The largest absolute Gasteiger partial charge is 0.416 e. The molecule has 0 spiro atoms. The molecular formula is C30H25F6N5O. The first-order chi connectivity index (χ1) is 20.0. The van der Waals surface area contributed by atoms with Gasteiger partial charge in [-0.1, -0.05) is 18.2 Å². The number of aromatic nitrogens is 3. The van der Waals surface area contributed by atoms with E-state index in [1.54, 1.807) is 18.6 Å². The van der Waals surface area contributed by atoms with E-state index in [1.807, 2.05) is 36.7 Å². The minimum atomic E-state index is -5.05. The molecule has 1 saturated heterocycles. The number of amides is 1. The van der Waals surface area contributed by atoms with Crippen LogP contribution in [0, 0.1) is 0 Å². The van der Waals surface area contributed by atoms with E-state index in [9.17, 15) is 31.1 Å². The Hall–Kier alpha value is -4.35. The monoisotopic (exact) mass is 585 g/mol. The van der Waals surface area contributed by atoms with E-state index in [2.05, 4.69) is 19.9 Å². The Balaban J connectivity index is 1.38. The molecule has 0 radical (unpaired) electrons. The van der Waals surface area contributed by atoms with Crippen molar-refractivity contribution in [3.63, 3.8) is 0 Å². The Morgan fingerprint density at radius 3 is 2.40 bits per heavy atom. The number of carbonyl (C=O) groups excluding carboxylic acids is 1. The first-order valence-electron chi connectivity index (χ1n) is 13.4. The fourth-order valence-electron chi connectivity index (χ4n) is 5.86. The Morgan fingerprint density at radius 2 is 1.71 bits per heavy atom. The maximum atomic E-state index is 13.9. The van der Waals surface area contributed by atoms with Gasteiger partial charge in [-0.25, -0.2) is 0 Å². The lowest BCUT2D eigenvalue weighted by molar-refractivity contribution is -0.143. The highest BCUT2D eigenvalue weighted by atomic mass is 19.4. The molecule has 0 unspecified atom stereocenters. The van der Waals surface area contributed by atoms with Gasteiger partial charge in [0.15, 0.2) is 0 Å². The van der Waals surface area contributed by atoms with Gasteiger partial charge in [-0.15, -0.1) is 0 Å². The summed E-state index contributed by atoms with van der Waals surface area (Å²) in [5.74, 6) is -0.861. The third kappa shape index (κ3) is 5.45. The highest BCUT2D eigenvalue weighted by Gasteiger charge is 2.41. The lowest BCUT2D eigenvalue weighted by Crippen LogP contribution is -2.59. The zero-order valence-corrected chi connectivity index (χ0v) is 22.1. The Kier molecular flexibility index (Phi) is 6.94. The molecule has 2 aromatic heterocycles.